The molecule has 0 spiro atoms. The smallest absolute Gasteiger partial charge is 0.258 e. The molecule has 2 aromatic rings. The first kappa shape index (κ1) is 11.2. The second-order valence-electron chi connectivity index (χ2n) is 3.25. The number of ether oxygens (including phenoxy) is 1. The first-order chi connectivity index (χ1) is 7.81. The molecule has 0 saturated heterocycles. The van der Waals surface area contributed by atoms with Crippen LogP contribution in [0.3, 0.4) is 0 Å². The van der Waals surface area contributed by atoms with Crippen LogP contribution in [-0.4, -0.2) is 29.4 Å². The second-order valence-corrected chi connectivity index (χ2v) is 4.42. The van der Waals surface area contributed by atoms with Crippen LogP contribution in [0.15, 0.2) is 34.2 Å². The van der Waals surface area contributed by atoms with Crippen LogP contribution in [0, 0.1) is 0 Å². The third-order valence-electron chi connectivity index (χ3n) is 2.17. The summed E-state index contributed by atoms with van der Waals surface area (Å²) in [5.74, 6) is 0.894. The Kier molecular flexibility index (Phi) is 3.58. The SMILES string of the molecule is COCCSc1ccc2c(=O)[nH]cnc2c1. The number of thioether (sulfide) groups is 1. The van der Waals surface area contributed by atoms with Gasteiger partial charge in [0.1, 0.15) is 0 Å². The van der Waals surface area contributed by atoms with Crippen molar-refractivity contribution >= 4 is 22.7 Å². The highest BCUT2D eigenvalue weighted by atomic mass is 32.2. The molecule has 0 radical (unpaired) electrons. The van der Waals surface area contributed by atoms with Crippen molar-refractivity contribution < 1.29 is 4.74 Å². The third-order valence-corrected chi connectivity index (χ3v) is 3.13. The fourth-order valence-corrected chi connectivity index (χ4v) is 2.23. The highest BCUT2D eigenvalue weighted by Gasteiger charge is 2.01. The fourth-order valence-electron chi connectivity index (χ4n) is 1.38. The zero-order chi connectivity index (χ0) is 11.4. The summed E-state index contributed by atoms with van der Waals surface area (Å²) in [6.45, 7) is 0.714. The topological polar surface area (TPSA) is 55.0 Å². The molecule has 0 fully saturated rings. The summed E-state index contributed by atoms with van der Waals surface area (Å²) >= 11 is 1.69. The summed E-state index contributed by atoms with van der Waals surface area (Å²) < 4.78 is 4.98. The molecule has 0 aliphatic heterocycles. The molecule has 4 nitrogen and oxygen atoms in total. The zero-order valence-electron chi connectivity index (χ0n) is 8.90. The number of benzene rings is 1. The maximum Gasteiger partial charge on any atom is 0.258 e. The molecule has 1 aromatic carbocycles. The molecule has 0 aliphatic carbocycles. The number of nitrogens with one attached hydrogen (secondary N) is 1. The molecule has 2 rings (SSSR count). The number of hydrogen-bond acceptors (Lipinski definition) is 4. The van der Waals surface area contributed by atoms with Crippen LogP contribution in [0.5, 0.6) is 0 Å². The van der Waals surface area contributed by atoms with E-state index >= 15 is 0 Å². The molecule has 5 heteroatoms. The predicted octanol–water partition coefficient (Wildman–Crippen LogP) is 1.66. The summed E-state index contributed by atoms with van der Waals surface area (Å²) in [6.07, 6.45) is 1.42. The molecule has 0 atom stereocenters. The summed E-state index contributed by atoms with van der Waals surface area (Å²) in [5.41, 5.74) is 0.629. The Morgan fingerprint density at radius 1 is 1.50 bits per heavy atom. The third kappa shape index (κ3) is 2.43. The van der Waals surface area contributed by atoms with Gasteiger partial charge in [0.2, 0.25) is 0 Å². The van der Waals surface area contributed by atoms with Crippen molar-refractivity contribution in [3.63, 3.8) is 0 Å². The number of aromatic amines is 1. The largest absolute Gasteiger partial charge is 0.384 e. The first-order valence-electron chi connectivity index (χ1n) is 4.90. The minimum atomic E-state index is -0.0987. The van der Waals surface area contributed by atoms with Gasteiger partial charge in [0.25, 0.3) is 5.56 Å². The van der Waals surface area contributed by atoms with E-state index in [1.54, 1.807) is 24.9 Å². The highest BCUT2D eigenvalue weighted by molar-refractivity contribution is 7.99. The average Bonchev–Trinajstić information content (AvgIpc) is 2.30. The van der Waals surface area contributed by atoms with E-state index in [-0.39, 0.29) is 5.56 Å². The van der Waals surface area contributed by atoms with Crippen LogP contribution in [0.2, 0.25) is 0 Å². The number of methoxy groups -OCH3 is 1. The Hall–Kier alpha value is -1.33. The van der Waals surface area contributed by atoms with E-state index < -0.39 is 0 Å². The molecule has 1 heterocycles. The maximum atomic E-state index is 11.4. The Balaban J connectivity index is 2.27. The van der Waals surface area contributed by atoms with E-state index in [1.165, 1.54) is 6.33 Å². The summed E-state index contributed by atoms with van der Waals surface area (Å²) in [4.78, 5) is 19.2. The van der Waals surface area contributed by atoms with Gasteiger partial charge >= 0.3 is 0 Å². The van der Waals surface area contributed by atoms with E-state index in [4.69, 9.17) is 4.74 Å². The molecular weight excluding hydrogens is 224 g/mol. The lowest BCUT2D eigenvalue weighted by molar-refractivity contribution is 0.218. The molecule has 1 N–H and O–H groups in total. The minimum absolute atomic E-state index is 0.0987. The minimum Gasteiger partial charge on any atom is -0.384 e. The Labute approximate surface area is 97.0 Å². The van der Waals surface area contributed by atoms with Crippen molar-refractivity contribution in [1.29, 1.82) is 0 Å². The number of aromatic nitrogens is 2. The normalized spacial score (nSPS) is 10.8. The van der Waals surface area contributed by atoms with Crippen LogP contribution in [0.4, 0.5) is 0 Å². The lowest BCUT2D eigenvalue weighted by Gasteiger charge is -2.02. The van der Waals surface area contributed by atoms with Gasteiger partial charge in [0.05, 0.1) is 23.8 Å². The van der Waals surface area contributed by atoms with Crippen molar-refractivity contribution in [1.82, 2.24) is 9.97 Å². The van der Waals surface area contributed by atoms with E-state index in [2.05, 4.69) is 9.97 Å². The molecule has 0 amide bonds. The quantitative estimate of drug-likeness (QED) is 0.648. The number of rotatable bonds is 4. The number of fused-ring (bicyclic) bond motifs is 1. The van der Waals surface area contributed by atoms with Crippen LogP contribution < -0.4 is 5.56 Å². The van der Waals surface area contributed by atoms with E-state index in [0.29, 0.717) is 12.0 Å². The Morgan fingerprint density at radius 2 is 2.38 bits per heavy atom. The number of hydrogen-bond donors (Lipinski definition) is 1. The Bertz CT molecular complexity index is 539. The van der Waals surface area contributed by atoms with Crippen LogP contribution in [0.25, 0.3) is 10.9 Å². The molecule has 1 aromatic heterocycles. The van der Waals surface area contributed by atoms with Gasteiger partial charge in [-0.2, -0.15) is 0 Å². The van der Waals surface area contributed by atoms with Crippen molar-refractivity contribution in [3.05, 3.63) is 34.9 Å². The van der Waals surface area contributed by atoms with Crippen LogP contribution in [0.1, 0.15) is 0 Å². The molecule has 16 heavy (non-hydrogen) atoms. The van der Waals surface area contributed by atoms with Crippen LogP contribution in [-0.2, 0) is 4.74 Å². The van der Waals surface area contributed by atoms with E-state index in [1.807, 2.05) is 12.1 Å². The lowest BCUT2D eigenvalue weighted by Crippen LogP contribution is -2.05. The van der Waals surface area contributed by atoms with Gasteiger partial charge in [-0.3, -0.25) is 4.79 Å². The molecule has 0 saturated carbocycles. The van der Waals surface area contributed by atoms with Gasteiger partial charge < -0.3 is 9.72 Å². The van der Waals surface area contributed by atoms with Gasteiger partial charge in [-0.1, -0.05) is 0 Å². The maximum absolute atomic E-state index is 11.4. The first-order valence-corrected chi connectivity index (χ1v) is 5.89. The monoisotopic (exact) mass is 236 g/mol. The summed E-state index contributed by atoms with van der Waals surface area (Å²) in [6, 6.07) is 5.65. The molecule has 84 valence electrons. The van der Waals surface area contributed by atoms with E-state index in [0.717, 1.165) is 16.2 Å². The summed E-state index contributed by atoms with van der Waals surface area (Å²) in [5, 5.41) is 0.624. The van der Waals surface area contributed by atoms with Gasteiger partial charge in [-0.25, -0.2) is 4.98 Å². The van der Waals surface area contributed by atoms with Crippen molar-refractivity contribution in [3.8, 4) is 0 Å². The number of nitrogens with zero attached hydrogens (tertiary/aromatic N) is 1. The van der Waals surface area contributed by atoms with Gasteiger partial charge in [0, 0.05) is 17.8 Å². The van der Waals surface area contributed by atoms with Crippen molar-refractivity contribution in [2.75, 3.05) is 19.5 Å². The molecule has 0 unspecified atom stereocenters. The van der Waals surface area contributed by atoms with Crippen molar-refractivity contribution in [2.45, 2.75) is 4.90 Å². The molecule has 0 bridgehead atoms. The molecular formula is C11H12N2O2S. The molecule has 0 aliphatic rings. The van der Waals surface area contributed by atoms with Gasteiger partial charge in [-0.15, -0.1) is 11.8 Å². The summed E-state index contributed by atoms with van der Waals surface area (Å²) in [7, 11) is 1.68. The second kappa shape index (κ2) is 5.14. The standard InChI is InChI=1S/C11H12N2O2S/c1-15-4-5-16-8-2-3-9-10(6-8)12-7-13-11(9)14/h2-3,6-7H,4-5H2,1H3,(H,12,13,14). The van der Waals surface area contributed by atoms with Crippen LogP contribution >= 0.6 is 11.8 Å². The van der Waals surface area contributed by atoms with Gasteiger partial charge in [-0.05, 0) is 18.2 Å². The number of H-pyrrole nitrogens is 1. The van der Waals surface area contributed by atoms with Gasteiger partial charge in [0.15, 0.2) is 0 Å². The average molecular weight is 236 g/mol. The van der Waals surface area contributed by atoms with Crippen molar-refractivity contribution in [2.24, 2.45) is 0 Å². The Morgan fingerprint density at radius 3 is 3.19 bits per heavy atom. The zero-order valence-corrected chi connectivity index (χ0v) is 9.71. The highest BCUT2D eigenvalue weighted by Crippen LogP contribution is 2.20. The fraction of sp³-hybridized carbons (Fsp3) is 0.273. The van der Waals surface area contributed by atoms with E-state index in [9.17, 15) is 4.79 Å². The lowest BCUT2D eigenvalue weighted by atomic mass is 10.2. The predicted molar refractivity (Wildman–Crippen MR) is 65.0 cm³/mol.